The maximum atomic E-state index is 13.8. The molecule has 41 heavy (non-hydrogen) atoms. The summed E-state index contributed by atoms with van der Waals surface area (Å²) >= 11 is 0. The Hall–Kier alpha value is -5.05. The normalized spacial score (nSPS) is 11.9. The number of para-hydroxylation sites is 2. The van der Waals surface area contributed by atoms with E-state index in [0.717, 1.165) is 11.3 Å². The summed E-state index contributed by atoms with van der Waals surface area (Å²) in [5, 5.41) is 14.8. The highest BCUT2D eigenvalue weighted by atomic mass is 16.3. The van der Waals surface area contributed by atoms with Crippen LogP contribution in [0.25, 0.3) is 16.6 Å². The van der Waals surface area contributed by atoms with E-state index in [0.29, 0.717) is 28.0 Å². The first-order valence-electron chi connectivity index (χ1n) is 13.3. The number of rotatable bonds is 8. The van der Waals surface area contributed by atoms with Crippen molar-refractivity contribution >= 4 is 28.1 Å². The van der Waals surface area contributed by atoms with Gasteiger partial charge in [-0.2, -0.15) is 0 Å². The fourth-order valence-corrected chi connectivity index (χ4v) is 5.18. The molecule has 0 saturated heterocycles. The van der Waals surface area contributed by atoms with Crippen LogP contribution in [0.1, 0.15) is 34.1 Å². The van der Waals surface area contributed by atoms with E-state index in [1.807, 2.05) is 80.5 Å². The molecule has 0 unspecified atom stereocenters. The van der Waals surface area contributed by atoms with Crippen LogP contribution < -0.4 is 21.3 Å². The molecule has 3 aromatic carbocycles. The van der Waals surface area contributed by atoms with Crippen LogP contribution >= 0.6 is 0 Å². The number of anilines is 2. The Morgan fingerprint density at radius 3 is 2.20 bits per heavy atom. The quantitative estimate of drug-likeness (QED) is 0.275. The molecule has 0 aliphatic rings. The van der Waals surface area contributed by atoms with Crippen LogP contribution in [-0.2, 0) is 14.1 Å². The molecule has 5 aromatic rings. The first-order chi connectivity index (χ1) is 19.6. The zero-order valence-corrected chi connectivity index (χ0v) is 23.8. The predicted octanol–water partition coefficient (Wildman–Crippen LogP) is 4.53. The average Bonchev–Trinajstić information content (AvgIpc) is 3.18. The molecular weight excluding hydrogens is 518 g/mol. The minimum absolute atomic E-state index is 0.165. The van der Waals surface area contributed by atoms with Gasteiger partial charge in [0.15, 0.2) is 5.78 Å². The minimum Gasteiger partial charge on any atom is -0.506 e. The molecular formula is C32H33N5O4. The highest BCUT2D eigenvalue weighted by Gasteiger charge is 2.27. The third kappa shape index (κ3) is 4.91. The molecule has 0 saturated carbocycles. The van der Waals surface area contributed by atoms with Gasteiger partial charge in [0.2, 0.25) is 0 Å². The lowest BCUT2D eigenvalue weighted by Gasteiger charge is -2.21. The number of carbonyl (C=O) groups is 1. The lowest BCUT2D eigenvalue weighted by Crippen LogP contribution is -2.27. The summed E-state index contributed by atoms with van der Waals surface area (Å²) in [4.78, 5) is 42.7. The summed E-state index contributed by atoms with van der Waals surface area (Å²) in [7, 11) is 7.26. The number of aromatic nitrogens is 3. The highest BCUT2D eigenvalue weighted by Crippen LogP contribution is 2.31. The second-order valence-electron chi connectivity index (χ2n) is 10.4. The molecule has 210 valence electrons. The third-order valence-corrected chi connectivity index (χ3v) is 7.63. The summed E-state index contributed by atoms with van der Waals surface area (Å²) in [5.41, 5.74) is 2.91. The smallest absolute Gasteiger partial charge is 0.295 e. The molecule has 2 aromatic heterocycles. The number of aryl methyl sites for hydroxylation is 1. The van der Waals surface area contributed by atoms with Gasteiger partial charge in [-0.05, 0) is 48.9 Å². The van der Waals surface area contributed by atoms with E-state index in [-0.39, 0.29) is 23.3 Å². The molecule has 0 spiro atoms. The van der Waals surface area contributed by atoms with Crippen molar-refractivity contribution in [2.24, 2.45) is 14.1 Å². The van der Waals surface area contributed by atoms with Crippen molar-refractivity contribution in [2.75, 3.05) is 24.3 Å². The van der Waals surface area contributed by atoms with Gasteiger partial charge in [-0.3, -0.25) is 19.1 Å². The Bertz CT molecular complexity index is 1870. The fourth-order valence-electron chi connectivity index (χ4n) is 5.18. The van der Waals surface area contributed by atoms with E-state index < -0.39 is 17.4 Å². The number of nitrogens with zero attached hydrogens (tertiary/aromatic N) is 4. The number of hydrogen-bond acceptors (Lipinski definition) is 6. The molecule has 0 amide bonds. The van der Waals surface area contributed by atoms with Crippen molar-refractivity contribution in [2.45, 2.75) is 19.4 Å². The Morgan fingerprint density at radius 2 is 1.54 bits per heavy atom. The first-order valence-corrected chi connectivity index (χ1v) is 13.3. The van der Waals surface area contributed by atoms with Crippen LogP contribution in [-0.4, -0.2) is 38.9 Å². The Balaban J connectivity index is 1.59. The fraction of sp³-hybridized carbons (Fsp3) is 0.219. The van der Waals surface area contributed by atoms with Crippen molar-refractivity contribution < 1.29 is 9.90 Å². The largest absolute Gasteiger partial charge is 0.506 e. The third-order valence-electron chi connectivity index (χ3n) is 7.63. The molecule has 0 bridgehead atoms. The average molecular weight is 552 g/mol. The van der Waals surface area contributed by atoms with Gasteiger partial charge >= 0.3 is 0 Å². The van der Waals surface area contributed by atoms with Gasteiger partial charge in [-0.25, -0.2) is 4.68 Å². The Kier molecular flexibility index (Phi) is 7.28. The minimum atomic E-state index is -0.660. The SMILES string of the molecule is Cc1c(N[C@@H](CC(=O)c2c(O)c3ccccc3n(C)c2=O)c2ccc(N(C)C)cc2)c(=O)n(-c2ccccc2)n1C. The van der Waals surface area contributed by atoms with Crippen LogP contribution in [0.15, 0.2) is 88.5 Å². The number of aromatic hydroxyl groups is 1. The number of Topliss-reactive ketones (excluding diaryl/α,β-unsaturated/α-hetero) is 1. The van der Waals surface area contributed by atoms with Crippen LogP contribution in [0, 0.1) is 6.92 Å². The second kappa shape index (κ2) is 10.8. The second-order valence-corrected chi connectivity index (χ2v) is 10.4. The van der Waals surface area contributed by atoms with Crippen molar-refractivity contribution in [1.82, 2.24) is 13.9 Å². The maximum absolute atomic E-state index is 13.8. The highest BCUT2D eigenvalue weighted by molar-refractivity contribution is 6.03. The van der Waals surface area contributed by atoms with Crippen LogP contribution in [0.5, 0.6) is 5.75 Å². The zero-order chi connectivity index (χ0) is 29.4. The predicted molar refractivity (Wildman–Crippen MR) is 163 cm³/mol. The van der Waals surface area contributed by atoms with Crippen molar-refractivity contribution in [3.8, 4) is 11.4 Å². The van der Waals surface area contributed by atoms with E-state index in [1.165, 1.54) is 4.57 Å². The Labute approximate surface area is 237 Å². The van der Waals surface area contributed by atoms with Gasteiger partial charge < -0.3 is 19.9 Å². The molecule has 0 aliphatic heterocycles. The molecule has 9 nitrogen and oxygen atoms in total. The van der Waals surface area contributed by atoms with Gasteiger partial charge in [0.05, 0.1) is 22.9 Å². The monoisotopic (exact) mass is 551 g/mol. The topological polar surface area (TPSA) is 102 Å². The number of hydrogen-bond donors (Lipinski definition) is 2. The number of carbonyl (C=O) groups excluding carboxylic acids is 1. The van der Waals surface area contributed by atoms with Gasteiger partial charge in [0.25, 0.3) is 11.1 Å². The van der Waals surface area contributed by atoms with E-state index in [1.54, 1.807) is 47.7 Å². The maximum Gasteiger partial charge on any atom is 0.295 e. The van der Waals surface area contributed by atoms with Crippen molar-refractivity contribution in [3.63, 3.8) is 0 Å². The molecule has 2 heterocycles. The van der Waals surface area contributed by atoms with Gasteiger partial charge in [-0.1, -0.05) is 42.5 Å². The van der Waals surface area contributed by atoms with E-state index in [9.17, 15) is 19.5 Å². The van der Waals surface area contributed by atoms with Gasteiger partial charge in [0, 0.05) is 45.7 Å². The molecule has 0 fully saturated rings. The molecule has 0 aliphatic carbocycles. The van der Waals surface area contributed by atoms with Crippen molar-refractivity contribution in [3.05, 3.63) is 116 Å². The summed E-state index contributed by atoms with van der Waals surface area (Å²) in [6, 6.07) is 23.2. The molecule has 9 heteroatoms. The standard InChI is InChI=1S/C32H33N5O4/c1-20-29(32(41)37(36(20)5)23-11-7-6-8-12-23)33-25(21-15-17-22(18-16-21)34(2)3)19-27(38)28-30(39)24-13-9-10-14-26(24)35(4)31(28)40/h6-18,25,33,39H,19H2,1-5H3/t25-/m0/s1. The lowest BCUT2D eigenvalue weighted by molar-refractivity contribution is 0.0972. The Morgan fingerprint density at radius 1 is 0.902 bits per heavy atom. The van der Waals surface area contributed by atoms with E-state index in [2.05, 4.69) is 5.32 Å². The van der Waals surface area contributed by atoms with Crippen LogP contribution in [0.2, 0.25) is 0 Å². The van der Waals surface area contributed by atoms with E-state index in [4.69, 9.17) is 0 Å². The number of pyridine rings is 1. The first kappa shape index (κ1) is 27.5. The van der Waals surface area contributed by atoms with Crippen LogP contribution in [0.3, 0.4) is 0 Å². The number of ketones is 1. The van der Waals surface area contributed by atoms with Crippen molar-refractivity contribution in [1.29, 1.82) is 0 Å². The molecule has 5 rings (SSSR count). The van der Waals surface area contributed by atoms with Gasteiger partial charge in [0.1, 0.15) is 17.0 Å². The number of fused-ring (bicyclic) bond motifs is 1. The summed E-state index contributed by atoms with van der Waals surface area (Å²) in [5.74, 6) is -0.863. The van der Waals surface area contributed by atoms with E-state index >= 15 is 0 Å². The summed E-state index contributed by atoms with van der Waals surface area (Å²) < 4.78 is 4.70. The molecule has 1 atom stereocenters. The number of benzene rings is 3. The summed E-state index contributed by atoms with van der Waals surface area (Å²) in [6.07, 6.45) is -0.165. The number of nitrogens with one attached hydrogen (secondary N) is 1. The zero-order valence-electron chi connectivity index (χ0n) is 23.8. The van der Waals surface area contributed by atoms with Gasteiger partial charge in [-0.15, -0.1) is 0 Å². The summed E-state index contributed by atoms with van der Waals surface area (Å²) in [6.45, 7) is 1.84. The molecule has 0 radical (unpaired) electrons. The van der Waals surface area contributed by atoms with Crippen LogP contribution in [0.4, 0.5) is 11.4 Å². The lowest BCUT2D eigenvalue weighted by atomic mass is 9.96. The molecule has 2 N–H and O–H groups in total.